The zero-order valence-corrected chi connectivity index (χ0v) is 11.8. The van der Waals surface area contributed by atoms with Crippen LogP contribution >= 0.6 is 0 Å². The topological polar surface area (TPSA) is 57.2 Å². The van der Waals surface area contributed by atoms with Crippen LogP contribution in [0.3, 0.4) is 0 Å². The van der Waals surface area contributed by atoms with Gasteiger partial charge in [0.25, 0.3) is 5.91 Å². The number of hydrogen-bond acceptors (Lipinski definition) is 5. The van der Waals surface area contributed by atoms with Crippen molar-refractivity contribution >= 4 is 5.91 Å². The first kappa shape index (κ1) is 14.5. The highest BCUT2D eigenvalue weighted by molar-refractivity contribution is 5.78. The van der Waals surface area contributed by atoms with Gasteiger partial charge in [-0.15, -0.1) is 0 Å². The summed E-state index contributed by atoms with van der Waals surface area (Å²) in [4.78, 5) is 13.7. The molecule has 1 fully saturated rings. The van der Waals surface area contributed by atoms with Crippen molar-refractivity contribution in [3.8, 4) is 17.2 Å². The second-order valence-electron chi connectivity index (χ2n) is 4.27. The third-order valence-corrected chi connectivity index (χ3v) is 3.08. The molecule has 0 radical (unpaired) electrons. The van der Waals surface area contributed by atoms with Gasteiger partial charge in [0.15, 0.2) is 18.1 Å². The second kappa shape index (κ2) is 7.00. The van der Waals surface area contributed by atoms with Gasteiger partial charge in [-0.2, -0.15) is 0 Å². The van der Waals surface area contributed by atoms with E-state index >= 15 is 0 Å². The van der Waals surface area contributed by atoms with Crippen LogP contribution in [0, 0.1) is 0 Å². The van der Waals surface area contributed by atoms with Crippen molar-refractivity contribution in [1.82, 2.24) is 4.90 Å². The van der Waals surface area contributed by atoms with Crippen molar-refractivity contribution in [3.05, 3.63) is 18.2 Å². The van der Waals surface area contributed by atoms with Crippen LogP contribution in [0.25, 0.3) is 0 Å². The van der Waals surface area contributed by atoms with Crippen molar-refractivity contribution in [2.24, 2.45) is 0 Å². The number of nitrogens with zero attached hydrogens (tertiary/aromatic N) is 1. The highest BCUT2D eigenvalue weighted by atomic mass is 16.5. The Labute approximate surface area is 118 Å². The van der Waals surface area contributed by atoms with Crippen LogP contribution in [-0.2, 0) is 9.53 Å². The maximum Gasteiger partial charge on any atom is 0.260 e. The Hall–Kier alpha value is -1.95. The molecule has 0 atom stereocenters. The molecule has 6 nitrogen and oxygen atoms in total. The summed E-state index contributed by atoms with van der Waals surface area (Å²) in [6.45, 7) is 2.35. The fourth-order valence-electron chi connectivity index (χ4n) is 2.01. The first-order chi connectivity index (χ1) is 9.76. The van der Waals surface area contributed by atoms with Gasteiger partial charge < -0.3 is 23.8 Å². The third-order valence-electron chi connectivity index (χ3n) is 3.08. The van der Waals surface area contributed by atoms with Crippen LogP contribution in [0.15, 0.2) is 18.2 Å². The summed E-state index contributed by atoms with van der Waals surface area (Å²) in [5.41, 5.74) is 0. The maximum atomic E-state index is 12.0. The Kier molecular flexibility index (Phi) is 5.06. The standard InChI is InChI=1S/C14H19NO5/c1-17-11-4-3-5-12(14(11)18-2)20-10-13(16)15-6-8-19-9-7-15/h3-5H,6-10H2,1-2H3. The number of carbonyl (C=O) groups excluding carboxylic acids is 1. The van der Waals surface area contributed by atoms with Gasteiger partial charge in [0.2, 0.25) is 5.75 Å². The molecule has 2 rings (SSSR count). The Balaban J connectivity index is 1.98. The van der Waals surface area contributed by atoms with Gasteiger partial charge >= 0.3 is 0 Å². The SMILES string of the molecule is COc1cccc(OCC(=O)N2CCOCC2)c1OC. The fraction of sp³-hybridized carbons (Fsp3) is 0.500. The Bertz CT molecular complexity index is 457. The minimum absolute atomic E-state index is 0.0243. The lowest BCUT2D eigenvalue weighted by Crippen LogP contribution is -2.43. The highest BCUT2D eigenvalue weighted by Crippen LogP contribution is 2.36. The number of rotatable bonds is 5. The number of methoxy groups -OCH3 is 2. The zero-order chi connectivity index (χ0) is 14.4. The molecule has 0 unspecified atom stereocenters. The molecule has 1 saturated heterocycles. The van der Waals surface area contributed by atoms with Crippen molar-refractivity contribution in [2.75, 3.05) is 47.1 Å². The van der Waals surface area contributed by atoms with E-state index in [0.29, 0.717) is 43.6 Å². The van der Waals surface area contributed by atoms with Gasteiger partial charge in [0.1, 0.15) is 0 Å². The van der Waals surface area contributed by atoms with Gasteiger partial charge in [-0.05, 0) is 12.1 Å². The van der Waals surface area contributed by atoms with Gasteiger partial charge in [0, 0.05) is 13.1 Å². The first-order valence-electron chi connectivity index (χ1n) is 6.45. The number of morpholine rings is 1. The predicted octanol–water partition coefficient (Wildman–Crippen LogP) is 0.941. The lowest BCUT2D eigenvalue weighted by Gasteiger charge is -2.26. The molecule has 1 heterocycles. The van der Waals surface area contributed by atoms with Crippen LogP contribution in [-0.4, -0.2) is 57.9 Å². The van der Waals surface area contributed by atoms with Crippen molar-refractivity contribution in [3.63, 3.8) is 0 Å². The average molecular weight is 281 g/mol. The summed E-state index contributed by atoms with van der Waals surface area (Å²) < 4.78 is 21.2. The molecule has 20 heavy (non-hydrogen) atoms. The number of amides is 1. The van der Waals surface area contributed by atoms with Crippen LogP contribution < -0.4 is 14.2 Å². The first-order valence-corrected chi connectivity index (χ1v) is 6.45. The summed E-state index contributed by atoms with van der Waals surface area (Å²) in [6.07, 6.45) is 0. The van der Waals surface area contributed by atoms with Crippen LogP contribution in [0.2, 0.25) is 0 Å². The number of carbonyl (C=O) groups is 1. The van der Waals surface area contributed by atoms with Crippen molar-refractivity contribution < 1.29 is 23.7 Å². The lowest BCUT2D eigenvalue weighted by atomic mass is 10.3. The summed E-state index contributed by atoms with van der Waals surface area (Å²) >= 11 is 0. The van der Waals surface area contributed by atoms with Crippen LogP contribution in [0.5, 0.6) is 17.2 Å². The molecule has 110 valence electrons. The average Bonchev–Trinajstić information content (AvgIpc) is 2.52. The van der Waals surface area contributed by atoms with E-state index in [0.717, 1.165) is 0 Å². The summed E-state index contributed by atoms with van der Waals surface area (Å²) in [5, 5.41) is 0. The van der Waals surface area contributed by atoms with Crippen LogP contribution in [0.1, 0.15) is 0 Å². The number of hydrogen-bond donors (Lipinski definition) is 0. The summed E-state index contributed by atoms with van der Waals surface area (Å²) in [6, 6.07) is 5.30. The fourth-order valence-corrected chi connectivity index (χ4v) is 2.01. The molecule has 0 bridgehead atoms. The smallest absolute Gasteiger partial charge is 0.260 e. The van der Waals surface area contributed by atoms with E-state index in [2.05, 4.69) is 0 Å². The van der Waals surface area contributed by atoms with E-state index in [1.807, 2.05) is 0 Å². The number of ether oxygens (including phenoxy) is 4. The molecule has 1 aromatic carbocycles. The Morgan fingerprint density at radius 3 is 2.55 bits per heavy atom. The van der Waals surface area contributed by atoms with Gasteiger partial charge in [-0.25, -0.2) is 0 Å². The molecule has 1 aromatic rings. The molecule has 0 saturated carbocycles. The maximum absolute atomic E-state index is 12.0. The third kappa shape index (κ3) is 3.33. The molecule has 1 aliphatic heterocycles. The van der Waals surface area contributed by atoms with E-state index in [9.17, 15) is 4.79 Å². The zero-order valence-electron chi connectivity index (χ0n) is 11.8. The molecule has 0 aromatic heterocycles. The predicted molar refractivity (Wildman–Crippen MR) is 72.4 cm³/mol. The molecular weight excluding hydrogens is 262 g/mol. The largest absolute Gasteiger partial charge is 0.493 e. The minimum Gasteiger partial charge on any atom is -0.493 e. The van der Waals surface area contributed by atoms with E-state index < -0.39 is 0 Å². The molecule has 0 spiro atoms. The van der Waals surface area contributed by atoms with E-state index in [-0.39, 0.29) is 12.5 Å². The number of benzene rings is 1. The van der Waals surface area contributed by atoms with Gasteiger partial charge in [-0.1, -0.05) is 6.07 Å². The molecule has 6 heteroatoms. The van der Waals surface area contributed by atoms with Gasteiger partial charge in [-0.3, -0.25) is 4.79 Å². The lowest BCUT2D eigenvalue weighted by molar-refractivity contribution is -0.137. The molecule has 0 aliphatic carbocycles. The summed E-state index contributed by atoms with van der Waals surface area (Å²) in [7, 11) is 3.09. The number of para-hydroxylation sites is 1. The highest BCUT2D eigenvalue weighted by Gasteiger charge is 2.18. The normalized spacial score (nSPS) is 14.8. The quantitative estimate of drug-likeness (QED) is 0.804. The Morgan fingerprint density at radius 1 is 1.20 bits per heavy atom. The molecular formula is C14H19NO5. The van der Waals surface area contributed by atoms with E-state index in [1.54, 1.807) is 30.2 Å². The molecule has 1 amide bonds. The molecule has 1 aliphatic rings. The molecule has 0 N–H and O–H groups in total. The van der Waals surface area contributed by atoms with Crippen molar-refractivity contribution in [1.29, 1.82) is 0 Å². The van der Waals surface area contributed by atoms with Gasteiger partial charge in [0.05, 0.1) is 27.4 Å². The van der Waals surface area contributed by atoms with E-state index in [1.165, 1.54) is 7.11 Å². The van der Waals surface area contributed by atoms with Crippen LogP contribution in [0.4, 0.5) is 0 Å². The Morgan fingerprint density at radius 2 is 1.90 bits per heavy atom. The van der Waals surface area contributed by atoms with Crippen molar-refractivity contribution in [2.45, 2.75) is 0 Å². The second-order valence-corrected chi connectivity index (χ2v) is 4.27. The van der Waals surface area contributed by atoms with E-state index in [4.69, 9.17) is 18.9 Å². The monoisotopic (exact) mass is 281 g/mol. The summed E-state index contributed by atoms with van der Waals surface area (Å²) in [5.74, 6) is 1.50. The minimum atomic E-state index is -0.0572.